The number of amides is 1. The summed E-state index contributed by atoms with van der Waals surface area (Å²) in [7, 11) is 0. The fourth-order valence-corrected chi connectivity index (χ4v) is 2.84. The Hall–Kier alpha value is -3.65. The normalized spacial score (nSPS) is 10.4. The van der Waals surface area contributed by atoms with E-state index < -0.39 is 16.3 Å². The van der Waals surface area contributed by atoms with Crippen molar-refractivity contribution in [1.82, 2.24) is 5.32 Å². The molecule has 8 nitrogen and oxygen atoms in total. The minimum absolute atomic E-state index is 0.00723. The van der Waals surface area contributed by atoms with Gasteiger partial charge in [0.05, 0.1) is 4.92 Å². The number of carbonyl (C=O) groups excluding carboxylic acids is 1. The van der Waals surface area contributed by atoms with Crippen LogP contribution in [0.15, 0.2) is 70.1 Å². The lowest BCUT2D eigenvalue weighted by Gasteiger charge is -2.07. The topological polar surface area (TPSA) is 112 Å². The number of rotatable bonds is 8. The summed E-state index contributed by atoms with van der Waals surface area (Å²) in [6, 6.07) is 14.7. The van der Waals surface area contributed by atoms with Crippen LogP contribution in [0, 0.1) is 10.1 Å². The molecule has 154 valence electrons. The summed E-state index contributed by atoms with van der Waals surface area (Å²) in [5.41, 5.74) is 0.699. The molecule has 0 aliphatic carbocycles. The van der Waals surface area contributed by atoms with Gasteiger partial charge in [0.25, 0.3) is 11.6 Å². The molecule has 0 aliphatic rings. The van der Waals surface area contributed by atoms with Crippen LogP contribution in [-0.4, -0.2) is 17.4 Å². The van der Waals surface area contributed by atoms with Gasteiger partial charge >= 0.3 is 0 Å². The fraction of sp³-hybridized carbons (Fsp3) is 0.143. The van der Waals surface area contributed by atoms with Gasteiger partial charge in [-0.05, 0) is 18.1 Å². The van der Waals surface area contributed by atoms with Gasteiger partial charge in [0.1, 0.15) is 12.9 Å². The first-order valence-corrected chi connectivity index (χ1v) is 9.32. The minimum atomic E-state index is -0.613. The first-order chi connectivity index (χ1) is 14.4. The van der Waals surface area contributed by atoms with Crippen LogP contribution in [0.1, 0.15) is 21.7 Å². The van der Waals surface area contributed by atoms with Crippen LogP contribution in [0.25, 0.3) is 0 Å². The molecule has 0 unspecified atom stereocenters. The van der Waals surface area contributed by atoms with Crippen LogP contribution in [0.3, 0.4) is 0 Å². The second kappa shape index (κ2) is 9.71. The molecule has 0 spiro atoms. The molecule has 3 aromatic rings. The van der Waals surface area contributed by atoms with Crippen molar-refractivity contribution < 1.29 is 18.9 Å². The molecule has 0 radical (unpaired) electrons. The number of nitrogens with one attached hydrogen (secondary N) is 1. The molecule has 1 amide bonds. The number of nitro benzene ring substituents is 1. The number of nitro groups is 1. The Morgan fingerprint density at radius 1 is 1.17 bits per heavy atom. The number of hydrogen-bond donors (Lipinski definition) is 1. The van der Waals surface area contributed by atoms with Crippen molar-refractivity contribution in [1.29, 1.82) is 0 Å². The van der Waals surface area contributed by atoms with Gasteiger partial charge in [-0.25, -0.2) is 0 Å². The zero-order valence-electron chi connectivity index (χ0n) is 15.7. The summed E-state index contributed by atoms with van der Waals surface area (Å²) in [4.78, 5) is 34.9. The number of benzene rings is 2. The highest BCUT2D eigenvalue weighted by Gasteiger charge is 2.16. The first-order valence-electron chi connectivity index (χ1n) is 8.94. The highest BCUT2D eigenvalue weighted by atomic mass is 35.5. The maximum Gasteiger partial charge on any atom is 0.287 e. The molecule has 1 aromatic heterocycles. The van der Waals surface area contributed by atoms with Crippen molar-refractivity contribution in [3.63, 3.8) is 0 Å². The average Bonchev–Trinajstić information content (AvgIpc) is 2.74. The van der Waals surface area contributed by atoms with Crippen molar-refractivity contribution in [3.05, 3.63) is 103 Å². The van der Waals surface area contributed by atoms with Crippen LogP contribution in [0.4, 0.5) is 5.69 Å². The van der Waals surface area contributed by atoms with E-state index in [-0.39, 0.29) is 41.8 Å². The molecule has 0 bridgehead atoms. The highest BCUT2D eigenvalue weighted by Crippen LogP contribution is 2.23. The molecule has 2 aromatic carbocycles. The Morgan fingerprint density at radius 3 is 2.63 bits per heavy atom. The monoisotopic (exact) mass is 428 g/mol. The van der Waals surface area contributed by atoms with Crippen molar-refractivity contribution in [2.24, 2.45) is 0 Å². The lowest BCUT2D eigenvalue weighted by molar-refractivity contribution is -0.385. The Kier molecular flexibility index (Phi) is 6.82. The van der Waals surface area contributed by atoms with Gasteiger partial charge in [-0.3, -0.25) is 19.7 Å². The van der Waals surface area contributed by atoms with Crippen LogP contribution in [0.5, 0.6) is 5.75 Å². The predicted molar refractivity (Wildman–Crippen MR) is 110 cm³/mol. The van der Waals surface area contributed by atoms with Gasteiger partial charge in [-0.2, -0.15) is 0 Å². The van der Waals surface area contributed by atoms with Gasteiger partial charge in [-0.1, -0.05) is 48.0 Å². The molecule has 0 aliphatic heterocycles. The number of carbonyl (C=O) groups is 1. The van der Waals surface area contributed by atoms with Crippen LogP contribution >= 0.6 is 11.6 Å². The third-order valence-corrected chi connectivity index (χ3v) is 4.42. The summed E-state index contributed by atoms with van der Waals surface area (Å²) >= 11 is 5.78. The van der Waals surface area contributed by atoms with E-state index in [2.05, 4.69) is 5.32 Å². The third-order valence-electron chi connectivity index (χ3n) is 4.18. The molecule has 0 fully saturated rings. The summed E-state index contributed by atoms with van der Waals surface area (Å²) in [6.07, 6.45) is 1.30. The molecular formula is C21H17ClN2O6. The number of hydrogen-bond acceptors (Lipinski definition) is 6. The molecule has 9 heteroatoms. The number of nitrogens with zero attached hydrogens (tertiary/aromatic N) is 1. The Balaban J connectivity index is 1.58. The summed E-state index contributed by atoms with van der Waals surface area (Å²) < 4.78 is 10.6. The number of halogens is 1. The lowest BCUT2D eigenvalue weighted by atomic mass is 10.1. The van der Waals surface area contributed by atoms with Gasteiger partial charge in [0.15, 0.2) is 5.76 Å². The van der Waals surface area contributed by atoms with Crippen molar-refractivity contribution in [3.8, 4) is 5.75 Å². The maximum absolute atomic E-state index is 12.2. The summed E-state index contributed by atoms with van der Waals surface area (Å²) in [5, 5.41) is 13.9. The van der Waals surface area contributed by atoms with E-state index >= 15 is 0 Å². The second-order valence-electron chi connectivity index (χ2n) is 6.28. The van der Waals surface area contributed by atoms with Crippen molar-refractivity contribution in [2.75, 3.05) is 6.54 Å². The molecule has 0 saturated heterocycles. The first kappa shape index (κ1) is 21.1. The minimum Gasteiger partial charge on any atom is -0.482 e. The zero-order chi connectivity index (χ0) is 21.5. The average molecular weight is 429 g/mol. The predicted octanol–water partition coefficient (Wildman–Crippen LogP) is 3.75. The van der Waals surface area contributed by atoms with Gasteiger partial charge in [-0.15, -0.1) is 0 Å². The molecule has 3 rings (SSSR count). The van der Waals surface area contributed by atoms with E-state index in [1.165, 1.54) is 12.1 Å². The Morgan fingerprint density at radius 2 is 1.93 bits per heavy atom. The maximum atomic E-state index is 12.2. The highest BCUT2D eigenvalue weighted by molar-refractivity contribution is 6.30. The molecule has 1 N–H and O–H groups in total. The fourth-order valence-electron chi connectivity index (χ4n) is 2.68. The molecule has 30 heavy (non-hydrogen) atoms. The van der Waals surface area contributed by atoms with Gasteiger partial charge in [0.2, 0.25) is 11.2 Å². The second-order valence-corrected chi connectivity index (χ2v) is 6.72. The largest absolute Gasteiger partial charge is 0.482 e. The van der Waals surface area contributed by atoms with Gasteiger partial charge < -0.3 is 14.5 Å². The SMILES string of the molecule is O=C(NCCc1ccc(Cl)cc1[N+](=O)[O-])c1cc(=O)c(OCc2ccccc2)co1. The summed E-state index contributed by atoms with van der Waals surface area (Å²) in [6.45, 7) is 0.300. The van der Waals surface area contributed by atoms with Crippen molar-refractivity contribution >= 4 is 23.2 Å². The lowest BCUT2D eigenvalue weighted by Crippen LogP contribution is -2.26. The zero-order valence-corrected chi connectivity index (χ0v) is 16.4. The molecule has 0 saturated carbocycles. The van der Waals surface area contributed by atoms with E-state index in [1.54, 1.807) is 6.07 Å². The van der Waals surface area contributed by atoms with E-state index in [4.69, 9.17) is 20.8 Å². The third kappa shape index (κ3) is 5.45. The molecule has 1 heterocycles. The van der Waals surface area contributed by atoms with Crippen molar-refractivity contribution in [2.45, 2.75) is 13.0 Å². The van der Waals surface area contributed by atoms with Crippen LogP contribution < -0.4 is 15.5 Å². The Bertz CT molecular complexity index is 1110. The summed E-state index contributed by atoms with van der Waals surface area (Å²) in [5.74, 6) is -0.803. The van der Waals surface area contributed by atoms with E-state index in [9.17, 15) is 19.7 Å². The van der Waals surface area contributed by atoms with E-state index in [0.717, 1.165) is 17.9 Å². The smallest absolute Gasteiger partial charge is 0.287 e. The quantitative estimate of drug-likeness (QED) is 0.432. The van der Waals surface area contributed by atoms with Gasteiger partial charge in [0, 0.05) is 29.3 Å². The van der Waals surface area contributed by atoms with E-state index in [1.807, 2.05) is 30.3 Å². The Labute approximate surface area is 176 Å². The van der Waals surface area contributed by atoms with E-state index in [0.29, 0.717) is 5.56 Å². The van der Waals surface area contributed by atoms with Crippen LogP contribution in [-0.2, 0) is 13.0 Å². The molecule has 0 atom stereocenters. The molecular weight excluding hydrogens is 412 g/mol. The van der Waals surface area contributed by atoms with Crippen LogP contribution in [0.2, 0.25) is 5.02 Å². The standard InChI is InChI=1S/C21H17ClN2O6/c22-16-7-6-15(17(10-16)24(27)28)8-9-23-21(26)19-11-18(25)20(13-30-19)29-12-14-4-2-1-3-5-14/h1-7,10-11,13H,8-9,12H2,(H,23,26). The number of ether oxygens (including phenoxy) is 1.